The highest BCUT2D eigenvalue weighted by Gasteiger charge is 2.11. The van der Waals surface area contributed by atoms with E-state index in [1.54, 1.807) is 0 Å². The molecule has 0 spiro atoms. The average molecular weight is 220 g/mol. The van der Waals surface area contributed by atoms with Gasteiger partial charge in [-0.15, -0.1) is 0 Å². The summed E-state index contributed by atoms with van der Waals surface area (Å²) in [6.07, 6.45) is 0. The minimum Gasteiger partial charge on any atom is -0.297 e. The second-order valence-corrected chi connectivity index (χ2v) is 4.26. The summed E-state index contributed by atoms with van der Waals surface area (Å²) >= 11 is 0. The molecule has 1 rings (SSSR count). The first kappa shape index (κ1) is 12.7. The molecule has 0 N–H and O–H groups in total. The van der Waals surface area contributed by atoms with Crippen molar-refractivity contribution in [2.75, 3.05) is 13.1 Å². The van der Waals surface area contributed by atoms with Crippen LogP contribution in [0.15, 0.2) is 6.07 Å². The van der Waals surface area contributed by atoms with E-state index in [4.69, 9.17) is 5.26 Å². The van der Waals surface area contributed by atoms with Crippen molar-refractivity contribution in [1.82, 2.24) is 14.7 Å². The Labute approximate surface area is 97.5 Å². The lowest BCUT2D eigenvalue weighted by Gasteiger charge is -2.21. The first-order chi connectivity index (χ1) is 7.56. The predicted octanol–water partition coefficient (Wildman–Crippen LogP) is 1.71. The molecular formula is C12H20N4. The van der Waals surface area contributed by atoms with E-state index >= 15 is 0 Å². The lowest BCUT2D eigenvalue weighted by atomic mass is 10.2. The normalized spacial score (nSPS) is 12.8. The van der Waals surface area contributed by atoms with Gasteiger partial charge in [0.1, 0.15) is 0 Å². The molecule has 4 heteroatoms. The molecule has 0 aliphatic carbocycles. The molecule has 1 aromatic heterocycles. The Morgan fingerprint density at radius 1 is 1.62 bits per heavy atom. The maximum Gasteiger partial charge on any atom is 0.0666 e. The summed E-state index contributed by atoms with van der Waals surface area (Å²) in [5, 5.41) is 13.1. The van der Waals surface area contributed by atoms with Crippen LogP contribution in [-0.4, -0.2) is 27.8 Å². The van der Waals surface area contributed by atoms with Crippen LogP contribution >= 0.6 is 0 Å². The number of hydrogen-bond acceptors (Lipinski definition) is 3. The molecule has 1 aromatic rings. The smallest absolute Gasteiger partial charge is 0.0666 e. The van der Waals surface area contributed by atoms with E-state index in [2.05, 4.69) is 29.1 Å². The van der Waals surface area contributed by atoms with Crippen LogP contribution in [0.5, 0.6) is 0 Å². The molecule has 0 aliphatic rings. The van der Waals surface area contributed by atoms with Gasteiger partial charge in [0.2, 0.25) is 0 Å². The standard InChI is InChI=1S/C12H20N4/c1-5-16(8-10(2)7-13)9-12-6-11(3)14-15(12)4/h6,10H,5,8-9H2,1-4H3. The highest BCUT2D eigenvalue weighted by atomic mass is 15.3. The third-order valence-electron chi connectivity index (χ3n) is 2.68. The quantitative estimate of drug-likeness (QED) is 0.759. The first-order valence-electron chi connectivity index (χ1n) is 5.68. The molecule has 0 radical (unpaired) electrons. The van der Waals surface area contributed by atoms with E-state index < -0.39 is 0 Å². The fourth-order valence-corrected chi connectivity index (χ4v) is 1.77. The van der Waals surface area contributed by atoms with Gasteiger partial charge >= 0.3 is 0 Å². The summed E-state index contributed by atoms with van der Waals surface area (Å²) < 4.78 is 1.91. The number of nitrogens with zero attached hydrogens (tertiary/aromatic N) is 4. The Bertz CT molecular complexity index is 375. The molecule has 0 saturated heterocycles. The molecule has 1 atom stereocenters. The highest BCUT2D eigenvalue weighted by molar-refractivity contribution is 5.08. The van der Waals surface area contributed by atoms with Crippen LogP contribution in [0, 0.1) is 24.2 Å². The van der Waals surface area contributed by atoms with Crippen molar-refractivity contribution in [2.45, 2.75) is 27.3 Å². The molecule has 0 aliphatic heterocycles. The first-order valence-corrected chi connectivity index (χ1v) is 5.68. The molecule has 88 valence electrons. The lowest BCUT2D eigenvalue weighted by molar-refractivity contribution is 0.254. The average Bonchev–Trinajstić information content (AvgIpc) is 2.56. The number of hydrogen-bond donors (Lipinski definition) is 0. The molecule has 1 heterocycles. The summed E-state index contributed by atoms with van der Waals surface area (Å²) in [5.41, 5.74) is 2.24. The van der Waals surface area contributed by atoms with E-state index in [1.807, 2.05) is 25.6 Å². The molecule has 1 unspecified atom stereocenters. The lowest BCUT2D eigenvalue weighted by Crippen LogP contribution is -2.28. The fraction of sp³-hybridized carbons (Fsp3) is 0.667. The van der Waals surface area contributed by atoms with Crippen LogP contribution < -0.4 is 0 Å². The van der Waals surface area contributed by atoms with Crippen molar-refractivity contribution >= 4 is 0 Å². The predicted molar refractivity (Wildman–Crippen MR) is 63.7 cm³/mol. The van der Waals surface area contributed by atoms with E-state index in [-0.39, 0.29) is 5.92 Å². The van der Waals surface area contributed by atoms with Crippen LogP contribution in [0.25, 0.3) is 0 Å². The van der Waals surface area contributed by atoms with Crippen LogP contribution in [0.3, 0.4) is 0 Å². The van der Waals surface area contributed by atoms with E-state index in [0.29, 0.717) is 0 Å². The Morgan fingerprint density at radius 3 is 2.75 bits per heavy atom. The van der Waals surface area contributed by atoms with Gasteiger partial charge in [-0.2, -0.15) is 10.4 Å². The van der Waals surface area contributed by atoms with Crippen LogP contribution in [0.1, 0.15) is 25.2 Å². The Balaban J connectivity index is 2.63. The molecule has 0 amide bonds. The van der Waals surface area contributed by atoms with Crippen molar-refractivity contribution in [2.24, 2.45) is 13.0 Å². The van der Waals surface area contributed by atoms with Crippen molar-refractivity contribution in [3.63, 3.8) is 0 Å². The van der Waals surface area contributed by atoms with Crippen LogP contribution in [0.2, 0.25) is 0 Å². The van der Waals surface area contributed by atoms with E-state index in [0.717, 1.165) is 25.3 Å². The number of aromatic nitrogens is 2. The van der Waals surface area contributed by atoms with Crippen molar-refractivity contribution < 1.29 is 0 Å². The summed E-state index contributed by atoms with van der Waals surface area (Å²) in [5.74, 6) is 0.0780. The second kappa shape index (κ2) is 5.66. The molecule has 16 heavy (non-hydrogen) atoms. The largest absolute Gasteiger partial charge is 0.297 e. The van der Waals surface area contributed by atoms with Gasteiger partial charge in [0.25, 0.3) is 0 Å². The van der Waals surface area contributed by atoms with Gasteiger partial charge in [0.05, 0.1) is 23.4 Å². The van der Waals surface area contributed by atoms with Gasteiger partial charge in [-0.1, -0.05) is 6.92 Å². The SMILES string of the molecule is CCN(Cc1cc(C)nn1C)CC(C)C#N. The van der Waals surface area contributed by atoms with Gasteiger partial charge in [-0.25, -0.2) is 0 Å². The van der Waals surface area contributed by atoms with Gasteiger partial charge in [0.15, 0.2) is 0 Å². The fourth-order valence-electron chi connectivity index (χ4n) is 1.77. The molecule has 0 aromatic carbocycles. The summed E-state index contributed by atoms with van der Waals surface area (Å²) in [6, 6.07) is 4.37. The van der Waals surface area contributed by atoms with Gasteiger partial charge in [-0.05, 0) is 26.5 Å². The van der Waals surface area contributed by atoms with Crippen molar-refractivity contribution in [1.29, 1.82) is 5.26 Å². The maximum atomic E-state index is 8.81. The highest BCUT2D eigenvalue weighted by Crippen LogP contribution is 2.08. The Kier molecular flexibility index (Phi) is 4.51. The maximum absolute atomic E-state index is 8.81. The number of rotatable bonds is 5. The molecule has 0 saturated carbocycles. The summed E-state index contributed by atoms with van der Waals surface area (Å²) in [6.45, 7) is 8.70. The minimum atomic E-state index is 0.0780. The molecule has 4 nitrogen and oxygen atoms in total. The third-order valence-corrected chi connectivity index (χ3v) is 2.68. The zero-order chi connectivity index (χ0) is 12.1. The Hall–Kier alpha value is -1.34. The monoisotopic (exact) mass is 220 g/mol. The molecular weight excluding hydrogens is 200 g/mol. The molecule has 0 fully saturated rings. The van der Waals surface area contributed by atoms with Gasteiger partial charge in [0, 0.05) is 20.1 Å². The zero-order valence-electron chi connectivity index (χ0n) is 10.6. The topological polar surface area (TPSA) is 44.9 Å². The van der Waals surface area contributed by atoms with Crippen molar-refractivity contribution in [3.8, 4) is 6.07 Å². The third kappa shape index (κ3) is 3.35. The Morgan fingerprint density at radius 2 is 2.31 bits per heavy atom. The van der Waals surface area contributed by atoms with E-state index in [9.17, 15) is 0 Å². The second-order valence-electron chi connectivity index (χ2n) is 4.26. The minimum absolute atomic E-state index is 0.0780. The number of nitriles is 1. The zero-order valence-corrected chi connectivity index (χ0v) is 10.6. The van der Waals surface area contributed by atoms with E-state index in [1.165, 1.54) is 5.69 Å². The summed E-state index contributed by atoms with van der Waals surface area (Å²) in [7, 11) is 1.96. The number of aryl methyl sites for hydroxylation is 2. The van der Waals surface area contributed by atoms with Crippen LogP contribution in [-0.2, 0) is 13.6 Å². The van der Waals surface area contributed by atoms with Crippen LogP contribution in [0.4, 0.5) is 0 Å². The molecule has 0 bridgehead atoms. The summed E-state index contributed by atoms with van der Waals surface area (Å²) in [4.78, 5) is 2.27. The van der Waals surface area contributed by atoms with Gasteiger partial charge < -0.3 is 0 Å². The van der Waals surface area contributed by atoms with Crippen molar-refractivity contribution in [3.05, 3.63) is 17.5 Å². The van der Waals surface area contributed by atoms with Gasteiger partial charge in [-0.3, -0.25) is 9.58 Å².